The molecule has 0 amide bonds. The van der Waals surface area contributed by atoms with E-state index in [1.807, 2.05) is 18.2 Å². The smallest absolute Gasteiger partial charge is 0.344 e. The molecule has 0 radical (unpaired) electrons. The largest absolute Gasteiger partial charge is 0.481 e. The van der Waals surface area contributed by atoms with Crippen molar-refractivity contribution in [1.82, 2.24) is 4.98 Å². The summed E-state index contributed by atoms with van der Waals surface area (Å²) >= 11 is 0. The van der Waals surface area contributed by atoms with Gasteiger partial charge in [-0.2, -0.15) is 0 Å². The molecule has 0 fully saturated rings. The van der Waals surface area contributed by atoms with Gasteiger partial charge in [-0.25, -0.2) is 4.79 Å². The Balaban J connectivity index is 1.83. The normalized spacial score (nSPS) is 14.2. The van der Waals surface area contributed by atoms with Gasteiger partial charge >= 0.3 is 5.97 Å². The summed E-state index contributed by atoms with van der Waals surface area (Å²) < 4.78 is 10.5. The Bertz CT molecular complexity index is 684. The van der Waals surface area contributed by atoms with Crippen molar-refractivity contribution < 1.29 is 14.3 Å². The maximum Gasteiger partial charge on any atom is 0.344 e. The molecule has 0 aliphatic heterocycles. The molecular weight excluding hydrogens is 266 g/mol. The second-order valence-corrected chi connectivity index (χ2v) is 5.12. The summed E-state index contributed by atoms with van der Waals surface area (Å²) in [4.78, 5) is 14.8. The number of hydrogen-bond donors (Lipinski definition) is 1. The van der Waals surface area contributed by atoms with Crippen LogP contribution in [0.1, 0.15) is 31.9 Å². The van der Waals surface area contributed by atoms with E-state index in [9.17, 15) is 4.79 Å². The van der Waals surface area contributed by atoms with Crippen LogP contribution >= 0.6 is 0 Å². The number of benzene rings is 1. The summed E-state index contributed by atoms with van der Waals surface area (Å²) in [5.74, 6) is 0.366. The second kappa shape index (κ2) is 6.04. The highest BCUT2D eigenvalue weighted by molar-refractivity contribution is 5.90. The number of carbonyl (C=O) groups excluding carboxylic acids is 1. The van der Waals surface area contributed by atoms with Gasteiger partial charge in [0.1, 0.15) is 5.75 Å². The Morgan fingerprint density at radius 2 is 2.29 bits per heavy atom. The van der Waals surface area contributed by atoms with Crippen molar-refractivity contribution in [3.63, 3.8) is 0 Å². The van der Waals surface area contributed by atoms with Crippen molar-refractivity contribution in [2.24, 2.45) is 0 Å². The van der Waals surface area contributed by atoms with Crippen LogP contribution in [0.5, 0.6) is 5.75 Å². The fourth-order valence-corrected chi connectivity index (χ4v) is 2.68. The number of rotatable bonds is 5. The molecule has 4 heteroatoms. The van der Waals surface area contributed by atoms with Crippen LogP contribution in [0.2, 0.25) is 0 Å². The monoisotopic (exact) mass is 285 g/mol. The van der Waals surface area contributed by atoms with Crippen molar-refractivity contribution in [3.05, 3.63) is 36.0 Å². The molecule has 1 aromatic carbocycles. The van der Waals surface area contributed by atoms with E-state index >= 15 is 0 Å². The predicted octanol–water partition coefficient (Wildman–Crippen LogP) is 3.68. The van der Waals surface area contributed by atoms with E-state index in [1.54, 1.807) is 6.92 Å². The highest BCUT2D eigenvalue weighted by Gasteiger charge is 2.13. The number of fused-ring (bicyclic) bond motifs is 1. The lowest BCUT2D eigenvalue weighted by Gasteiger charge is -2.06. The van der Waals surface area contributed by atoms with Crippen LogP contribution in [0, 0.1) is 0 Å². The third-order valence-electron chi connectivity index (χ3n) is 3.66. The first-order valence-electron chi connectivity index (χ1n) is 7.37. The summed E-state index contributed by atoms with van der Waals surface area (Å²) in [6.07, 6.45) is 5.77. The van der Waals surface area contributed by atoms with Gasteiger partial charge in [-0.05, 0) is 50.0 Å². The third-order valence-corrected chi connectivity index (χ3v) is 3.66. The molecule has 110 valence electrons. The zero-order valence-corrected chi connectivity index (χ0v) is 12.1. The lowest BCUT2D eigenvalue weighted by molar-refractivity contribution is -0.145. The average Bonchev–Trinajstić information content (AvgIpc) is 3.13. The maximum atomic E-state index is 11.4. The van der Waals surface area contributed by atoms with Crippen LogP contribution < -0.4 is 4.74 Å². The Kier molecular flexibility index (Phi) is 3.95. The number of H-pyrrole nitrogens is 1. The highest BCUT2D eigenvalue weighted by Crippen LogP contribution is 2.32. The first kappa shape index (κ1) is 13.7. The molecule has 0 unspecified atom stereocenters. The fourth-order valence-electron chi connectivity index (χ4n) is 2.68. The Morgan fingerprint density at radius 1 is 1.38 bits per heavy atom. The zero-order valence-electron chi connectivity index (χ0n) is 12.1. The van der Waals surface area contributed by atoms with E-state index in [0.717, 1.165) is 29.4 Å². The standard InChI is InChI=1S/C17H19NO3/c1-2-20-17(19)11-21-16-9-5-8-14-13(16)10-15(18-14)12-6-3-4-7-12/h5-6,8-10,18H,2-4,7,11H2,1H3. The van der Waals surface area contributed by atoms with Crippen LogP contribution in [0.4, 0.5) is 0 Å². The SMILES string of the molecule is CCOC(=O)COc1cccc2[nH]c(C3=CCCC3)cc12. The van der Waals surface area contributed by atoms with Crippen LogP contribution in [-0.4, -0.2) is 24.2 Å². The van der Waals surface area contributed by atoms with Gasteiger partial charge in [0.15, 0.2) is 6.61 Å². The van der Waals surface area contributed by atoms with Crippen molar-refractivity contribution in [2.45, 2.75) is 26.2 Å². The predicted molar refractivity (Wildman–Crippen MR) is 82.3 cm³/mol. The molecule has 21 heavy (non-hydrogen) atoms. The van der Waals surface area contributed by atoms with Crippen LogP contribution in [0.25, 0.3) is 16.5 Å². The van der Waals surface area contributed by atoms with Gasteiger partial charge < -0.3 is 14.5 Å². The summed E-state index contributed by atoms with van der Waals surface area (Å²) in [5, 5.41) is 1.00. The van der Waals surface area contributed by atoms with Crippen molar-refractivity contribution >= 4 is 22.4 Å². The molecule has 1 aliphatic rings. The first-order chi connectivity index (χ1) is 10.3. The maximum absolute atomic E-state index is 11.4. The minimum Gasteiger partial charge on any atom is -0.481 e. The molecular formula is C17H19NO3. The van der Waals surface area contributed by atoms with E-state index in [4.69, 9.17) is 9.47 Å². The van der Waals surface area contributed by atoms with Gasteiger partial charge in [0.05, 0.1) is 6.61 Å². The van der Waals surface area contributed by atoms with Gasteiger partial charge in [-0.1, -0.05) is 12.1 Å². The summed E-state index contributed by atoms with van der Waals surface area (Å²) in [5.41, 5.74) is 3.54. The quantitative estimate of drug-likeness (QED) is 0.853. The Morgan fingerprint density at radius 3 is 3.05 bits per heavy atom. The van der Waals surface area contributed by atoms with E-state index < -0.39 is 0 Å². The molecule has 1 N–H and O–H groups in total. The molecule has 4 nitrogen and oxygen atoms in total. The van der Waals surface area contributed by atoms with Gasteiger partial charge in [0.2, 0.25) is 0 Å². The molecule has 3 rings (SSSR count). The molecule has 0 atom stereocenters. The average molecular weight is 285 g/mol. The zero-order chi connectivity index (χ0) is 14.7. The van der Waals surface area contributed by atoms with Crippen LogP contribution in [0.3, 0.4) is 0 Å². The molecule has 0 saturated heterocycles. The van der Waals surface area contributed by atoms with Gasteiger partial charge in [-0.15, -0.1) is 0 Å². The van der Waals surface area contributed by atoms with E-state index in [0.29, 0.717) is 12.4 Å². The van der Waals surface area contributed by atoms with Crippen LogP contribution in [-0.2, 0) is 9.53 Å². The Labute approximate surface area is 123 Å². The first-order valence-corrected chi connectivity index (χ1v) is 7.37. The molecule has 0 saturated carbocycles. The summed E-state index contributed by atoms with van der Waals surface area (Å²) in [6.45, 7) is 2.09. The number of aromatic nitrogens is 1. The topological polar surface area (TPSA) is 51.3 Å². The van der Waals surface area contributed by atoms with Gasteiger partial charge in [0, 0.05) is 16.6 Å². The molecule has 2 aromatic rings. The number of ether oxygens (including phenoxy) is 2. The fraction of sp³-hybridized carbons (Fsp3) is 0.353. The van der Waals surface area contributed by atoms with Crippen LogP contribution in [0.15, 0.2) is 30.3 Å². The minimum absolute atomic E-state index is 0.0594. The second-order valence-electron chi connectivity index (χ2n) is 5.12. The number of carbonyl (C=O) groups is 1. The molecule has 0 bridgehead atoms. The van der Waals surface area contributed by atoms with E-state index in [1.165, 1.54) is 12.0 Å². The minimum atomic E-state index is -0.344. The number of nitrogens with one attached hydrogen (secondary N) is 1. The summed E-state index contributed by atoms with van der Waals surface area (Å²) in [6, 6.07) is 7.92. The molecule has 1 aromatic heterocycles. The lowest BCUT2D eigenvalue weighted by atomic mass is 10.1. The van der Waals surface area contributed by atoms with E-state index in [-0.39, 0.29) is 12.6 Å². The van der Waals surface area contributed by atoms with E-state index in [2.05, 4.69) is 17.1 Å². The summed E-state index contributed by atoms with van der Waals surface area (Å²) in [7, 11) is 0. The molecule has 0 spiro atoms. The molecule has 1 heterocycles. The number of hydrogen-bond acceptors (Lipinski definition) is 3. The van der Waals surface area contributed by atoms with Crippen molar-refractivity contribution in [1.29, 1.82) is 0 Å². The lowest BCUT2D eigenvalue weighted by Crippen LogP contribution is -2.14. The number of allylic oxidation sites excluding steroid dienone is 2. The third kappa shape index (κ3) is 2.94. The highest BCUT2D eigenvalue weighted by atomic mass is 16.6. The van der Waals surface area contributed by atoms with Crippen molar-refractivity contribution in [2.75, 3.05) is 13.2 Å². The molecule has 1 aliphatic carbocycles. The number of aromatic amines is 1. The number of esters is 1. The Hall–Kier alpha value is -2.23. The van der Waals surface area contributed by atoms with Crippen molar-refractivity contribution in [3.8, 4) is 5.75 Å². The van der Waals surface area contributed by atoms with Gasteiger partial charge in [-0.3, -0.25) is 0 Å². The van der Waals surface area contributed by atoms with Gasteiger partial charge in [0.25, 0.3) is 0 Å².